The predicted molar refractivity (Wildman–Crippen MR) is 108 cm³/mol. The van der Waals surface area contributed by atoms with Gasteiger partial charge in [-0.05, 0) is 99.8 Å². The Morgan fingerprint density at radius 2 is 1.55 bits per heavy atom. The standard InChI is InChI=1S/C24H29NO4/c26-20-3-1-2-4-21(20)29-22(27)18-5-7-19(8-6-18)25-23(28)24-12-15-9-16(13-24)11-17(10-15)14-24/h5-8,15-17,21H,1-4,9-14H2,(H,25,28)/t15?,16?,17?,21-,24?/m0/s1. The Hall–Kier alpha value is -2.17. The van der Waals surface area contributed by atoms with Crippen molar-refractivity contribution in [1.82, 2.24) is 0 Å². The van der Waals surface area contributed by atoms with Gasteiger partial charge in [-0.15, -0.1) is 0 Å². The lowest BCUT2D eigenvalue weighted by atomic mass is 9.49. The van der Waals surface area contributed by atoms with Crippen molar-refractivity contribution in [3.05, 3.63) is 29.8 Å². The lowest BCUT2D eigenvalue weighted by Crippen LogP contribution is -2.51. The van der Waals surface area contributed by atoms with Gasteiger partial charge in [0.2, 0.25) is 5.91 Å². The second-order valence-electron chi connectivity index (χ2n) is 9.84. The highest BCUT2D eigenvalue weighted by molar-refractivity contribution is 5.97. The molecular formula is C24H29NO4. The van der Waals surface area contributed by atoms with Gasteiger partial charge in [-0.2, -0.15) is 0 Å². The second kappa shape index (κ2) is 7.26. The average Bonchev–Trinajstić information content (AvgIpc) is 2.69. The van der Waals surface area contributed by atoms with E-state index in [-0.39, 0.29) is 17.1 Å². The molecule has 0 aromatic heterocycles. The quantitative estimate of drug-likeness (QED) is 0.762. The molecule has 5 aliphatic rings. The fourth-order valence-corrected chi connectivity index (χ4v) is 6.61. The third-order valence-electron chi connectivity index (χ3n) is 7.65. The van der Waals surface area contributed by atoms with Crippen LogP contribution in [0.5, 0.6) is 0 Å². The van der Waals surface area contributed by atoms with Crippen molar-refractivity contribution in [1.29, 1.82) is 0 Å². The Bertz CT molecular complexity index is 793. The van der Waals surface area contributed by atoms with E-state index in [1.54, 1.807) is 24.3 Å². The van der Waals surface area contributed by atoms with Crippen molar-refractivity contribution in [2.45, 2.75) is 70.3 Å². The van der Waals surface area contributed by atoms with Gasteiger partial charge >= 0.3 is 5.97 Å². The molecule has 5 aliphatic carbocycles. The number of hydrogen-bond donors (Lipinski definition) is 1. The fourth-order valence-electron chi connectivity index (χ4n) is 6.61. The number of carbonyl (C=O) groups is 3. The summed E-state index contributed by atoms with van der Waals surface area (Å²) in [5.41, 5.74) is 0.945. The van der Waals surface area contributed by atoms with Gasteiger partial charge in [0.1, 0.15) is 0 Å². The molecule has 0 spiro atoms. The van der Waals surface area contributed by atoms with Crippen molar-refractivity contribution < 1.29 is 19.1 Å². The van der Waals surface area contributed by atoms with Gasteiger partial charge in [0, 0.05) is 12.1 Å². The van der Waals surface area contributed by atoms with E-state index in [1.165, 1.54) is 19.3 Å². The Morgan fingerprint density at radius 1 is 0.931 bits per heavy atom. The molecule has 1 N–H and O–H groups in total. The minimum Gasteiger partial charge on any atom is -0.451 e. The van der Waals surface area contributed by atoms with E-state index in [1.807, 2.05) is 0 Å². The van der Waals surface area contributed by atoms with Crippen molar-refractivity contribution in [3.63, 3.8) is 0 Å². The van der Waals surface area contributed by atoms with Crippen LogP contribution in [0.2, 0.25) is 0 Å². The topological polar surface area (TPSA) is 72.5 Å². The summed E-state index contributed by atoms with van der Waals surface area (Å²) in [5.74, 6) is 1.89. The third-order valence-corrected chi connectivity index (χ3v) is 7.65. The predicted octanol–water partition coefficient (Wildman–Crippen LogP) is 4.51. The maximum Gasteiger partial charge on any atom is 0.338 e. The van der Waals surface area contributed by atoms with Gasteiger partial charge in [-0.1, -0.05) is 0 Å². The van der Waals surface area contributed by atoms with Gasteiger partial charge in [-0.25, -0.2) is 4.79 Å². The van der Waals surface area contributed by atoms with Crippen LogP contribution in [0.25, 0.3) is 0 Å². The van der Waals surface area contributed by atoms with Gasteiger partial charge in [0.15, 0.2) is 11.9 Å². The molecule has 0 aliphatic heterocycles. The molecule has 0 heterocycles. The van der Waals surface area contributed by atoms with E-state index in [0.29, 0.717) is 18.4 Å². The Morgan fingerprint density at radius 3 is 2.14 bits per heavy atom. The van der Waals surface area contributed by atoms with Gasteiger partial charge in [0.25, 0.3) is 0 Å². The highest BCUT2D eigenvalue weighted by atomic mass is 16.5. The zero-order valence-corrected chi connectivity index (χ0v) is 16.8. The van der Waals surface area contributed by atoms with Crippen LogP contribution >= 0.6 is 0 Å². The molecule has 6 rings (SSSR count). The minimum absolute atomic E-state index is 0.0176. The van der Waals surface area contributed by atoms with Crippen LogP contribution in [0.15, 0.2) is 24.3 Å². The first-order valence-corrected chi connectivity index (χ1v) is 11.2. The Balaban J connectivity index is 1.22. The van der Waals surface area contributed by atoms with Crippen LogP contribution < -0.4 is 5.32 Å². The molecule has 5 fully saturated rings. The normalized spacial score (nSPS) is 35.4. The summed E-state index contributed by atoms with van der Waals surface area (Å²) < 4.78 is 5.40. The van der Waals surface area contributed by atoms with E-state index < -0.39 is 12.1 Å². The molecular weight excluding hydrogens is 366 g/mol. The first kappa shape index (κ1) is 18.8. The Kier molecular flexibility index (Phi) is 4.72. The number of hydrogen-bond acceptors (Lipinski definition) is 4. The SMILES string of the molecule is O=C(O[C@H]1CCCCC1=O)c1ccc(NC(=O)C23CC4CC(CC(C4)C2)C3)cc1. The number of nitrogens with one attached hydrogen (secondary N) is 1. The van der Waals surface area contributed by atoms with Crippen LogP contribution in [0, 0.1) is 23.2 Å². The number of carbonyl (C=O) groups excluding carboxylic acids is 3. The molecule has 5 saturated carbocycles. The lowest BCUT2D eigenvalue weighted by Gasteiger charge is -2.55. The molecule has 1 amide bonds. The van der Waals surface area contributed by atoms with E-state index in [4.69, 9.17) is 4.74 Å². The number of ketones is 1. The molecule has 4 bridgehead atoms. The van der Waals surface area contributed by atoms with Gasteiger partial charge < -0.3 is 10.1 Å². The van der Waals surface area contributed by atoms with Crippen LogP contribution in [0.4, 0.5) is 5.69 Å². The average molecular weight is 395 g/mol. The number of ether oxygens (including phenoxy) is 1. The van der Waals surface area contributed by atoms with Crippen molar-refractivity contribution in [3.8, 4) is 0 Å². The van der Waals surface area contributed by atoms with Crippen molar-refractivity contribution in [2.75, 3.05) is 5.32 Å². The molecule has 5 nitrogen and oxygen atoms in total. The number of amides is 1. The number of Topliss-reactive ketones (excluding diaryl/α,β-unsaturated/α-hetero) is 1. The largest absolute Gasteiger partial charge is 0.451 e. The van der Waals surface area contributed by atoms with E-state index >= 15 is 0 Å². The molecule has 0 unspecified atom stereocenters. The lowest BCUT2D eigenvalue weighted by molar-refractivity contribution is -0.140. The fraction of sp³-hybridized carbons (Fsp3) is 0.625. The first-order chi connectivity index (χ1) is 14.0. The van der Waals surface area contributed by atoms with E-state index in [9.17, 15) is 14.4 Å². The summed E-state index contributed by atoms with van der Waals surface area (Å²) in [6.45, 7) is 0. The summed E-state index contributed by atoms with van der Waals surface area (Å²) in [6, 6.07) is 6.87. The molecule has 29 heavy (non-hydrogen) atoms. The second-order valence-corrected chi connectivity index (χ2v) is 9.84. The number of benzene rings is 1. The van der Waals surface area contributed by atoms with Crippen LogP contribution in [0.3, 0.4) is 0 Å². The summed E-state index contributed by atoms with van der Waals surface area (Å²) in [4.78, 5) is 37.4. The van der Waals surface area contributed by atoms with Crippen LogP contribution in [-0.2, 0) is 14.3 Å². The zero-order chi connectivity index (χ0) is 20.0. The molecule has 0 saturated heterocycles. The smallest absolute Gasteiger partial charge is 0.338 e. The summed E-state index contributed by atoms with van der Waals surface area (Å²) in [6.07, 6.45) is 9.33. The Labute approximate surface area is 171 Å². The maximum atomic E-state index is 13.1. The monoisotopic (exact) mass is 395 g/mol. The van der Waals surface area contributed by atoms with Crippen LogP contribution in [-0.4, -0.2) is 23.8 Å². The summed E-state index contributed by atoms with van der Waals surface area (Å²) in [7, 11) is 0. The zero-order valence-electron chi connectivity index (χ0n) is 16.8. The highest BCUT2D eigenvalue weighted by Gasteiger charge is 2.54. The van der Waals surface area contributed by atoms with E-state index in [0.717, 1.165) is 55.5 Å². The molecule has 154 valence electrons. The van der Waals surface area contributed by atoms with Crippen LogP contribution in [0.1, 0.15) is 74.6 Å². The van der Waals surface area contributed by atoms with Crippen molar-refractivity contribution in [2.24, 2.45) is 23.2 Å². The minimum atomic E-state index is -0.605. The number of esters is 1. The van der Waals surface area contributed by atoms with Gasteiger partial charge in [-0.3, -0.25) is 9.59 Å². The molecule has 0 radical (unpaired) electrons. The summed E-state index contributed by atoms with van der Waals surface area (Å²) >= 11 is 0. The number of rotatable bonds is 4. The molecule has 1 aromatic rings. The first-order valence-electron chi connectivity index (χ1n) is 11.2. The summed E-state index contributed by atoms with van der Waals surface area (Å²) in [5, 5.41) is 3.11. The van der Waals surface area contributed by atoms with Gasteiger partial charge in [0.05, 0.1) is 11.0 Å². The maximum absolute atomic E-state index is 13.1. The molecule has 5 heteroatoms. The van der Waals surface area contributed by atoms with Crippen molar-refractivity contribution >= 4 is 23.3 Å². The number of anilines is 1. The molecule has 1 atom stereocenters. The van der Waals surface area contributed by atoms with E-state index in [2.05, 4.69) is 5.32 Å². The molecule has 1 aromatic carbocycles. The third kappa shape index (κ3) is 3.60. The highest BCUT2D eigenvalue weighted by Crippen LogP contribution is 2.60.